The van der Waals surface area contributed by atoms with Crippen molar-refractivity contribution in [2.45, 2.75) is 19.4 Å². The fraction of sp³-hybridized carbons (Fsp3) is 0.786. The van der Waals surface area contributed by atoms with Crippen LogP contribution in [-0.4, -0.2) is 73.2 Å². The fourth-order valence-electron chi connectivity index (χ4n) is 3.04. The van der Waals surface area contributed by atoms with E-state index in [9.17, 15) is 4.79 Å². The fourth-order valence-corrected chi connectivity index (χ4v) is 3.63. The highest BCUT2D eigenvalue weighted by molar-refractivity contribution is 7.15. The number of hydrogen-bond acceptors (Lipinski definition) is 7. The van der Waals surface area contributed by atoms with Gasteiger partial charge in [-0.3, -0.25) is 10.2 Å². The number of urea groups is 1. The predicted molar refractivity (Wildman–Crippen MR) is 86.8 cm³/mol. The summed E-state index contributed by atoms with van der Waals surface area (Å²) < 4.78 is 11.0. The lowest BCUT2D eigenvalue weighted by Gasteiger charge is -2.37. The van der Waals surface area contributed by atoms with Gasteiger partial charge < -0.3 is 14.8 Å². The quantitative estimate of drug-likeness (QED) is 0.820. The number of morpholine rings is 1. The molecule has 2 fully saturated rings. The Morgan fingerprint density at radius 2 is 2.17 bits per heavy atom. The Morgan fingerprint density at radius 3 is 2.83 bits per heavy atom. The van der Waals surface area contributed by atoms with E-state index in [1.54, 1.807) is 0 Å². The van der Waals surface area contributed by atoms with Crippen molar-refractivity contribution in [2.24, 2.45) is 5.92 Å². The maximum Gasteiger partial charge on any atom is 0.321 e. The number of aromatic nitrogens is 2. The zero-order valence-electron chi connectivity index (χ0n) is 13.3. The normalized spacial score (nSPS) is 23.6. The third kappa shape index (κ3) is 4.60. The summed E-state index contributed by atoms with van der Waals surface area (Å²) in [6.45, 7) is 7.33. The van der Waals surface area contributed by atoms with Gasteiger partial charge in [-0.15, -0.1) is 10.2 Å². The summed E-state index contributed by atoms with van der Waals surface area (Å²) in [7, 11) is 0. The van der Waals surface area contributed by atoms with E-state index < -0.39 is 0 Å². The smallest absolute Gasteiger partial charge is 0.321 e. The number of rotatable bonds is 5. The first-order valence-electron chi connectivity index (χ1n) is 7.97. The van der Waals surface area contributed by atoms with E-state index in [1.165, 1.54) is 11.3 Å². The van der Waals surface area contributed by atoms with Crippen LogP contribution in [0.15, 0.2) is 0 Å². The van der Waals surface area contributed by atoms with Crippen LogP contribution in [0.4, 0.5) is 9.93 Å². The van der Waals surface area contributed by atoms with Gasteiger partial charge in [0, 0.05) is 38.2 Å². The third-order valence-corrected chi connectivity index (χ3v) is 5.00. The zero-order chi connectivity index (χ0) is 16.1. The van der Waals surface area contributed by atoms with E-state index in [2.05, 4.69) is 25.7 Å². The largest absolute Gasteiger partial charge is 0.381 e. The molecule has 2 atom stereocenters. The number of nitrogens with zero attached hydrogens (tertiary/aromatic N) is 3. The van der Waals surface area contributed by atoms with Gasteiger partial charge in [0.1, 0.15) is 5.01 Å². The van der Waals surface area contributed by atoms with Gasteiger partial charge in [-0.05, 0) is 13.3 Å². The summed E-state index contributed by atoms with van der Waals surface area (Å²) >= 11 is 1.36. The minimum absolute atomic E-state index is 0.238. The van der Waals surface area contributed by atoms with Crippen molar-refractivity contribution < 1.29 is 14.3 Å². The molecule has 0 aliphatic carbocycles. The summed E-state index contributed by atoms with van der Waals surface area (Å²) in [4.78, 5) is 14.5. The van der Waals surface area contributed by atoms with Crippen molar-refractivity contribution in [1.82, 2.24) is 20.4 Å². The second-order valence-corrected chi connectivity index (χ2v) is 6.98. The number of ether oxygens (including phenoxy) is 2. The maximum absolute atomic E-state index is 12.1. The molecule has 1 aromatic rings. The van der Waals surface area contributed by atoms with Gasteiger partial charge >= 0.3 is 6.03 Å². The van der Waals surface area contributed by atoms with E-state index in [0.29, 0.717) is 17.6 Å². The molecular formula is C14H23N5O3S. The monoisotopic (exact) mass is 341 g/mol. The van der Waals surface area contributed by atoms with Crippen molar-refractivity contribution in [3.8, 4) is 0 Å². The number of aryl methyl sites for hydroxylation is 1. The lowest BCUT2D eigenvalue weighted by atomic mass is 9.97. The van der Waals surface area contributed by atoms with Crippen LogP contribution in [0.1, 0.15) is 11.4 Å². The minimum Gasteiger partial charge on any atom is -0.381 e. The van der Waals surface area contributed by atoms with Gasteiger partial charge in [-0.25, -0.2) is 4.79 Å². The molecule has 2 aliphatic rings. The lowest BCUT2D eigenvalue weighted by molar-refractivity contribution is 0.00222. The van der Waals surface area contributed by atoms with E-state index in [-0.39, 0.29) is 12.1 Å². The molecule has 3 heterocycles. The lowest BCUT2D eigenvalue weighted by Crippen LogP contribution is -2.52. The van der Waals surface area contributed by atoms with Gasteiger partial charge in [0.15, 0.2) is 0 Å². The molecule has 2 saturated heterocycles. The van der Waals surface area contributed by atoms with Crippen molar-refractivity contribution >= 4 is 22.5 Å². The van der Waals surface area contributed by atoms with Gasteiger partial charge in [0.25, 0.3) is 0 Å². The third-order valence-electron chi connectivity index (χ3n) is 4.24. The molecule has 2 aliphatic heterocycles. The highest BCUT2D eigenvalue weighted by atomic mass is 32.1. The Morgan fingerprint density at radius 1 is 1.35 bits per heavy atom. The minimum atomic E-state index is -0.238. The highest BCUT2D eigenvalue weighted by Crippen LogP contribution is 2.22. The molecule has 0 saturated carbocycles. The van der Waals surface area contributed by atoms with Crippen molar-refractivity contribution in [1.29, 1.82) is 0 Å². The van der Waals surface area contributed by atoms with Crippen LogP contribution in [-0.2, 0) is 9.47 Å². The molecule has 2 amide bonds. The molecule has 8 nitrogen and oxygen atoms in total. The van der Waals surface area contributed by atoms with Crippen LogP contribution in [0.2, 0.25) is 0 Å². The first kappa shape index (κ1) is 16.6. The van der Waals surface area contributed by atoms with Gasteiger partial charge in [-0.2, -0.15) is 0 Å². The number of amides is 2. The number of nitrogens with one attached hydrogen (secondary N) is 2. The molecule has 0 bridgehead atoms. The molecule has 0 spiro atoms. The molecule has 2 N–H and O–H groups in total. The number of carbonyl (C=O) groups excluding carboxylic acids is 1. The van der Waals surface area contributed by atoms with E-state index in [4.69, 9.17) is 9.47 Å². The van der Waals surface area contributed by atoms with Gasteiger partial charge in [0.2, 0.25) is 5.13 Å². The second-order valence-electron chi connectivity index (χ2n) is 5.80. The van der Waals surface area contributed by atoms with E-state index in [0.717, 1.165) is 50.9 Å². The molecule has 9 heteroatoms. The van der Waals surface area contributed by atoms with Crippen LogP contribution in [0.3, 0.4) is 0 Å². The van der Waals surface area contributed by atoms with Gasteiger partial charge in [0.05, 0.1) is 19.8 Å². The Kier molecular flexibility index (Phi) is 5.76. The molecule has 0 radical (unpaired) electrons. The second kappa shape index (κ2) is 8.00. The summed E-state index contributed by atoms with van der Waals surface area (Å²) in [5.41, 5.74) is 0. The Bertz CT molecular complexity index is 514. The zero-order valence-corrected chi connectivity index (χ0v) is 14.1. The van der Waals surface area contributed by atoms with Crippen molar-refractivity contribution in [3.05, 3.63) is 5.01 Å². The van der Waals surface area contributed by atoms with Crippen LogP contribution in [0.5, 0.6) is 0 Å². The summed E-state index contributed by atoms with van der Waals surface area (Å²) in [5, 5.41) is 14.8. The summed E-state index contributed by atoms with van der Waals surface area (Å²) in [6, 6.07) is 0.0432. The maximum atomic E-state index is 12.1. The summed E-state index contributed by atoms with van der Waals surface area (Å²) in [6.07, 6.45) is 1.04. The Labute approximate surface area is 139 Å². The number of carbonyl (C=O) groups is 1. The highest BCUT2D eigenvalue weighted by Gasteiger charge is 2.31. The molecule has 0 aromatic carbocycles. The topological polar surface area (TPSA) is 88.6 Å². The molecule has 23 heavy (non-hydrogen) atoms. The average Bonchev–Trinajstić information content (AvgIpc) is 3.21. The first-order chi connectivity index (χ1) is 11.2. The van der Waals surface area contributed by atoms with Crippen LogP contribution in [0, 0.1) is 12.8 Å². The van der Waals surface area contributed by atoms with Gasteiger partial charge in [-0.1, -0.05) is 11.3 Å². The van der Waals surface area contributed by atoms with Crippen molar-refractivity contribution in [3.63, 3.8) is 0 Å². The molecule has 0 unspecified atom stereocenters. The molecule has 128 valence electrons. The SMILES string of the molecule is Cc1nnc(NC(=O)NC[C@@H]([C@H]2CCOC2)N2CCOCC2)s1. The van der Waals surface area contributed by atoms with Crippen LogP contribution < -0.4 is 10.6 Å². The summed E-state index contributed by atoms with van der Waals surface area (Å²) in [5.74, 6) is 0.456. The molecule has 1 aromatic heterocycles. The average molecular weight is 341 g/mol. The number of hydrogen-bond donors (Lipinski definition) is 2. The number of anilines is 1. The van der Waals surface area contributed by atoms with Crippen molar-refractivity contribution in [2.75, 3.05) is 51.4 Å². The van der Waals surface area contributed by atoms with E-state index in [1.807, 2.05) is 6.92 Å². The Balaban J connectivity index is 1.53. The van der Waals surface area contributed by atoms with E-state index >= 15 is 0 Å². The van der Waals surface area contributed by atoms with Crippen LogP contribution in [0.25, 0.3) is 0 Å². The molecular weight excluding hydrogens is 318 g/mol. The molecule has 3 rings (SSSR count). The Hall–Kier alpha value is -1.29. The van der Waals surface area contributed by atoms with Crippen LogP contribution >= 0.6 is 11.3 Å². The first-order valence-corrected chi connectivity index (χ1v) is 8.78. The predicted octanol–water partition coefficient (Wildman–Crippen LogP) is 0.705. The standard InChI is InChI=1S/C14H23N5O3S/c1-10-17-18-14(23-10)16-13(20)15-8-12(11-2-5-22-9-11)19-3-6-21-7-4-19/h11-12H,2-9H2,1H3,(H2,15,16,18,20)/t11-,12-/m0/s1.